The van der Waals surface area contributed by atoms with Crippen LogP contribution in [0.15, 0.2) is 66.7 Å². The van der Waals surface area contributed by atoms with Crippen LogP contribution in [0.25, 0.3) is 0 Å². The third-order valence-electron chi connectivity index (χ3n) is 6.77. The van der Waals surface area contributed by atoms with Crippen molar-refractivity contribution in [2.45, 2.75) is 105 Å². The maximum absolute atomic E-state index is 3.72. The van der Waals surface area contributed by atoms with Gasteiger partial charge < -0.3 is 0 Å². The van der Waals surface area contributed by atoms with E-state index in [1.54, 1.807) is 0 Å². The average molecular weight is 485 g/mol. The third kappa shape index (κ3) is 6.33. The van der Waals surface area contributed by atoms with Gasteiger partial charge in [0, 0.05) is 0 Å². The van der Waals surface area contributed by atoms with Crippen molar-refractivity contribution in [2.24, 2.45) is 0 Å². The predicted octanol–water partition coefficient (Wildman–Crippen LogP) is 10.0. The van der Waals surface area contributed by atoms with E-state index in [1.165, 1.54) is 22.3 Å². The first-order valence-electron chi connectivity index (χ1n) is 13.3. The molecule has 0 aliphatic heterocycles. The quantitative estimate of drug-likeness (QED) is 0.371. The molecule has 0 bridgehead atoms. The lowest BCUT2D eigenvalue weighted by Gasteiger charge is -2.35. The summed E-state index contributed by atoms with van der Waals surface area (Å²) in [5.41, 5.74) is 12.8. The molecule has 0 heterocycles. The summed E-state index contributed by atoms with van der Waals surface area (Å²) in [5, 5.41) is 2.25. The summed E-state index contributed by atoms with van der Waals surface area (Å²) in [6.45, 7) is 27.7. The fraction of sp³-hybridized carbons (Fsp3) is 0.471. The molecule has 3 aromatic rings. The molecule has 3 aromatic carbocycles. The number of para-hydroxylation sites is 1. The van der Waals surface area contributed by atoms with E-state index in [0.717, 1.165) is 17.1 Å². The topological polar surface area (TPSA) is 15.3 Å². The van der Waals surface area contributed by atoms with Crippen molar-refractivity contribution in [3.63, 3.8) is 0 Å². The molecule has 2 nitrogen and oxygen atoms in total. The molecule has 0 aliphatic carbocycles. The number of benzene rings is 3. The maximum Gasteiger partial charge on any atom is 0.0633 e. The summed E-state index contributed by atoms with van der Waals surface area (Å²) in [6.07, 6.45) is 0. The second kappa shape index (κ2) is 9.61. The molecule has 36 heavy (non-hydrogen) atoms. The number of hydrogen-bond acceptors (Lipinski definition) is 2. The summed E-state index contributed by atoms with van der Waals surface area (Å²) >= 11 is 0. The van der Waals surface area contributed by atoms with Crippen molar-refractivity contribution in [3.05, 3.63) is 89.0 Å². The average Bonchev–Trinajstić information content (AvgIpc) is 2.75. The maximum atomic E-state index is 3.72. The van der Waals surface area contributed by atoms with Crippen LogP contribution in [0, 0.1) is 0 Å². The van der Waals surface area contributed by atoms with Crippen LogP contribution in [0.4, 0.5) is 17.1 Å². The van der Waals surface area contributed by atoms with Crippen molar-refractivity contribution in [1.82, 2.24) is 0 Å². The number of hydrogen-bond donors (Lipinski definition) is 1. The molecule has 0 radical (unpaired) electrons. The summed E-state index contributed by atoms with van der Waals surface area (Å²) in [5.74, 6) is 0. The molecule has 3 rings (SSSR count). The van der Waals surface area contributed by atoms with Gasteiger partial charge in [-0.25, -0.2) is 0 Å². The lowest BCUT2D eigenvalue weighted by atomic mass is 9.74. The molecule has 0 unspecified atom stereocenters. The molecular weight excluding hydrogens is 436 g/mol. The SMILES string of the molecule is CC(C)(C)c1ccc(N(Nc2ccccc2)c2ccc(C(C)(C)C)c(C(C)(C)C)c2)cc1C(C)(C)C. The van der Waals surface area contributed by atoms with E-state index < -0.39 is 0 Å². The molecule has 0 saturated carbocycles. The largest absolute Gasteiger partial charge is 0.294 e. The number of rotatable bonds is 4. The molecular formula is C34H48N2. The first-order valence-corrected chi connectivity index (χ1v) is 13.3. The Morgan fingerprint density at radius 1 is 0.444 bits per heavy atom. The van der Waals surface area contributed by atoms with Crippen molar-refractivity contribution in [1.29, 1.82) is 0 Å². The van der Waals surface area contributed by atoms with Crippen LogP contribution >= 0.6 is 0 Å². The van der Waals surface area contributed by atoms with Crippen LogP contribution in [-0.4, -0.2) is 0 Å². The number of nitrogens with zero attached hydrogens (tertiary/aromatic N) is 1. The van der Waals surface area contributed by atoms with E-state index in [9.17, 15) is 0 Å². The van der Waals surface area contributed by atoms with Gasteiger partial charge in [0.2, 0.25) is 0 Å². The molecule has 0 saturated heterocycles. The Morgan fingerprint density at radius 2 is 0.806 bits per heavy atom. The Hall–Kier alpha value is -2.74. The van der Waals surface area contributed by atoms with Gasteiger partial charge in [-0.3, -0.25) is 10.4 Å². The second-order valence-corrected chi connectivity index (χ2v) is 14.3. The van der Waals surface area contributed by atoms with Crippen LogP contribution in [0.5, 0.6) is 0 Å². The molecule has 0 aliphatic rings. The fourth-order valence-corrected chi connectivity index (χ4v) is 4.81. The highest BCUT2D eigenvalue weighted by Crippen LogP contribution is 2.40. The normalized spacial score (nSPS) is 13.0. The Balaban J connectivity index is 2.27. The highest BCUT2D eigenvalue weighted by Gasteiger charge is 2.28. The first kappa shape index (κ1) is 27.8. The zero-order chi connectivity index (χ0) is 27.1. The molecule has 2 heteroatoms. The number of nitrogens with one attached hydrogen (secondary N) is 1. The lowest BCUT2D eigenvalue weighted by Crippen LogP contribution is -2.28. The Labute approximate surface area is 221 Å². The van der Waals surface area contributed by atoms with Crippen LogP contribution in [0.1, 0.15) is 105 Å². The molecule has 0 spiro atoms. The van der Waals surface area contributed by atoms with Crippen LogP contribution in [-0.2, 0) is 21.7 Å². The number of anilines is 3. The standard InChI is InChI=1S/C34H48N2/c1-31(2,3)27-20-18-25(22-29(27)33(7,8)9)36(35-24-16-14-13-15-17-24)26-19-21-28(32(4,5)6)30(23-26)34(10,11)12/h13-23,35H,1-12H3. The summed E-state index contributed by atoms with van der Waals surface area (Å²) in [7, 11) is 0. The van der Waals surface area contributed by atoms with Crippen molar-refractivity contribution in [2.75, 3.05) is 10.4 Å². The second-order valence-electron chi connectivity index (χ2n) is 14.3. The van der Waals surface area contributed by atoms with Crippen LogP contribution in [0.2, 0.25) is 0 Å². The van der Waals surface area contributed by atoms with Crippen LogP contribution in [0.3, 0.4) is 0 Å². The Morgan fingerprint density at radius 3 is 1.14 bits per heavy atom. The van der Waals surface area contributed by atoms with Crippen molar-refractivity contribution >= 4 is 17.1 Å². The monoisotopic (exact) mass is 484 g/mol. The molecule has 0 amide bonds. The minimum atomic E-state index is 0.0315. The Bertz CT molecular complexity index is 1100. The van der Waals surface area contributed by atoms with E-state index in [2.05, 4.69) is 160 Å². The first-order chi connectivity index (χ1) is 16.4. The molecule has 0 fully saturated rings. The van der Waals surface area contributed by atoms with Gasteiger partial charge in [0.1, 0.15) is 0 Å². The van der Waals surface area contributed by atoms with E-state index in [4.69, 9.17) is 0 Å². The molecule has 194 valence electrons. The van der Waals surface area contributed by atoms with E-state index in [-0.39, 0.29) is 21.7 Å². The zero-order valence-electron chi connectivity index (χ0n) is 24.8. The molecule has 0 atom stereocenters. The van der Waals surface area contributed by atoms with Gasteiger partial charge in [-0.1, -0.05) is 113 Å². The minimum Gasteiger partial charge on any atom is -0.294 e. The highest BCUT2D eigenvalue weighted by molar-refractivity contribution is 5.71. The highest BCUT2D eigenvalue weighted by atomic mass is 15.5. The van der Waals surface area contributed by atoms with Crippen LogP contribution < -0.4 is 10.4 Å². The number of hydrazine groups is 1. The summed E-state index contributed by atoms with van der Waals surface area (Å²) in [6, 6.07) is 24.4. The molecule has 0 aromatic heterocycles. The summed E-state index contributed by atoms with van der Waals surface area (Å²) in [4.78, 5) is 0. The van der Waals surface area contributed by atoms with E-state index in [0.29, 0.717) is 0 Å². The van der Waals surface area contributed by atoms with Gasteiger partial charge in [0.15, 0.2) is 0 Å². The lowest BCUT2D eigenvalue weighted by molar-refractivity contribution is 0.530. The van der Waals surface area contributed by atoms with Crippen molar-refractivity contribution in [3.8, 4) is 0 Å². The van der Waals surface area contributed by atoms with Gasteiger partial charge in [0.05, 0.1) is 17.1 Å². The van der Waals surface area contributed by atoms with Gasteiger partial charge >= 0.3 is 0 Å². The molecule has 1 N–H and O–H groups in total. The van der Waals surface area contributed by atoms with Crippen molar-refractivity contribution < 1.29 is 0 Å². The van der Waals surface area contributed by atoms with Gasteiger partial charge in [-0.2, -0.15) is 0 Å². The Kier molecular flexibility index (Phi) is 7.44. The van der Waals surface area contributed by atoms with E-state index in [1.807, 2.05) is 0 Å². The fourth-order valence-electron chi connectivity index (χ4n) is 4.81. The van der Waals surface area contributed by atoms with Gasteiger partial charge in [-0.05, 0) is 80.3 Å². The smallest absolute Gasteiger partial charge is 0.0633 e. The van der Waals surface area contributed by atoms with E-state index >= 15 is 0 Å². The predicted molar refractivity (Wildman–Crippen MR) is 160 cm³/mol. The summed E-state index contributed by atoms with van der Waals surface area (Å²) < 4.78 is 0. The minimum absolute atomic E-state index is 0.0315. The zero-order valence-corrected chi connectivity index (χ0v) is 24.8. The van der Waals surface area contributed by atoms with Gasteiger partial charge in [-0.15, -0.1) is 0 Å². The van der Waals surface area contributed by atoms with Gasteiger partial charge in [0.25, 0.3) is 0 Å². The third-order valence-corrected chi connectivity index (χ3v) is 6.77.